The number of amides is 2. The van der Waals surface area contributed by atoms with Gasteiger partial charge in [0.15, 0.2) is 0 Å². The Labute approximate surface area is 115 Å². The second kappa shape index (κ2) is 9.54. The average molecular weight is 299 g/mol. The summed E-state index contributed by atoms with van der Waals surface area (Å²) >= 11 is 0. The number of methoxy groups -OCH3 is 1. The van der Waals surface area contributed by atoms with Crippen LogP contribution < -0.4 is 10.6 Å². The first-order valence-corrected chi connectivity index (χ1v) is 6.03. The van der Waals surface area contributed by atoms with Crippen LogP contribution in [0, 0.1) is 0 Å². The summed E-state index contributed by atoms with van der Waals surface area (Å²) in [7, 11) is 2.90. The molecule has 0 atom stereocenters. The SMILES string of the molecule is COCCCNC(=O)CN(C)C(=O)CNCC(F)(F)F. The van der Waals surface area contributed by atoms with Gasteiger partial charge < -0.3 is 20.3 Å². The van der Waals surface area contributed by atoms with Crippen molar-refractivity contribution in [3.05, 3.63) is 0 Å². The number of carbonyl (C=O) groups excluding carboxylic acids is 2. The minimum atomic E-state index is -4.36. The van der Waals surface area contributed by atoms with Crippen LogP contribution in [0.15, 0.2) is 0 Å². The van der Waals surface area contributed by atoms with Gasteiger partial charge in [0, 0.05) is 27.3 Å². The second-order valence-electron chi connectivity index (χ2n) is 4.16. The van der Waals surface area contributed by atoms with E-state index < -0.39 is 25.2 Å². The van der Waals surface area contributed by atoms with Gasteiger partial charge >= 0.3 is 6.18 Å². The molecule has 118 valence electrons. The first kappa shape index (κ1) is 18.7. The monoisotopic (exact) mass is 299 g/mol. The molecule has 6 nitrogen and oxygen atoms in total. The molecule has 0 saturated heterocycles. The molecule has 0 saturated carbocycles. The summed E-state index contributed by atoms with van der Waals surface area (Å²) in [4.78, 5) is 23.9. The van der Waals surface area contributed by atoms with Gasteiger partial charge in [-0.2, -0.15) is 13.2 Å². The summed E-state index contributed by atoms with van der Waals surface area (Å²) in [6.45, 7) is -0.973. The second-order valence-corrected chi connectivity index (χ2v) is 4.16. The van der Waals surface area contributed by atoms with Crippen molar-refractivity contribution in [3.8, 4) is 0 Å². The van der Waals surface area contributed by atoms with Gasteiger partial charge in [0.05, 0.1) is 19.6 Å². The Morgan fingerprint density at radius 3 is 2.50 bits per heavy atom. The minimum Gasteiger partial charge on any atom is -0.385 e. The van der Waals surface area contributed by atoms with Crippen molar-refractivity contribution in [2.75, 3.05) is 46.9 Å². The van der Waals surface area contributed by atoms with Crippen LogP contribution in [0.3, 0.4) is 0 Å². The van der Waals surface area contributed by atoms with E-state index >= 15 is 0 Å². The van der Waals surface area contributed by atoms with Gasteiger partial charge in [-0.25, -0.2) is 0 Å². The normalized spacial score (nSPS) is 11.2. The molecular formula is C11H20F3N3O3. The molecule has 0 heterocycles. The Morgan fingerprint density at radius 2 is 1.95 bits per heavy atom. The van der Waals surface area contributed by atoms with E-state index in [-0.39, 0.29) is 12.5 Å². The number of likely N-dealkylation sites (N-methyl/N-ethyl adjacent to an activating group) is 1. The van der Waals surface area contributed by atoms with Gasteiger partial charge in [-0.1, -0.05) is 0 Å². The zero-order valence-corrected chi connectivity index (χ0v) is 11.5. The van der Waals surface area contributed by atoms with Crippen LogP contribution in [0.4, 0.5) is 13.2 Å². The smallest absolute Gasteiger partial charge is 0.385 e. The Bertz CT molecular complexity index is 311. The van der Waals surface area contributed by atoms with Gasteiger partial charge in [-0.15, -0.1) is 0 Å². The van der Waals surface area contributed by atoms with Gasteiger partial charge in [0.25, 0.3) is 0 Å². The van der Waals surface area contributed by atoms with E-state index in [9.17, 15) is 22.8 Å². The summed E-state index contributed by atoms with van der Waals surface area (Å²) < 4.78 is 40.4. The first-order valence-electron chi connectivity index (χ1n) is 6.03. The quantitative estimate of drug-likeness (QED) is 0.576. The molecule has 0 aromatic rings. The third-order valence-electron chi connectivity index (χ3n) is 2.26. The van der Waals surface area contributed by atoms with E-state index in [1.807, 2.05) is 5.32 Å². The van der Waals surface area contributed by atoms with Gasteiger partial charge in [0.1, 0.15) is 0 Å². The van der Waals surface area contributed by atoms with Crippen LogP contribution >= 0.6 is 0 Å². The van der Waals surface area contributed by atoms with Gasteiger partial charge in [0.2, 0.25) is 11.8 Å². The highest BCUT2D eigenvalue weighted by molar-refractivity contribution is 5.85. The Balaban J connectivity index is 3.80. The molecular weight excluding hydrogens is 279 g/mol. The van der Waals surface area contributed by atoms with E-state index in [0.29, 0.717) is 19.6 Å². The average Bonchev–Trinajstić information content (AvgIpc) is 2.32. The lowest BCUT2D eigenvalue weighted by Crippen LogP contribution is -2.43. The minimum absolute atomic E-state index is 0.195. The number of carbonyl (C=O) groups is 2. The third kappa shape index (κ3) is 10.6. The maximum atomic E-state index is 11.9. The van der Waals surface area contributed by atoms with Crippen LogP contribution in [-0.2, 0) is 14.3 Å². The fourth-order valence-electron chi connectivity index (χ4n) is 1.25. The Hall–Kier alpha value is -1.35. The molecule has 0 aliphatic carbocycles. The highest BCUT2D eigenvalue weighted by atomic mass is 19.4. The van der Waals surface area contributed by atoms with Crippen LogP contribution in [0.1, 0.15) is 6.42 Å². The highest BCUT2D eigenvalue weighted by Gasteiger charge is 2.26. The fourth-order valence-corrected chi connectivity index (χ4v) is 1.25. The van der Waals surface area contributed by atoms with Crippen molar-refractivity contribution in [1.29, 1.82) is 0 Å². The maximum absolute atomic E-state index is 11.9. The number of halogens is 3. The van der Waals surface area contributed by atoms with Crippen molar-refractivity contribution in [2.24, 2.45) is 0 Å². The van der Waals surface area contributed by atoms with Crippen LogP contribution in [0.5, 0.6) is 0 Å². The molecule has 9 heteroatoms. The Morgan fingerprint density at radius 1 is 1.30 bits per heavy atom. The molecule has 2 N–H and O–H groups in total. The fraction of sp³-hybridized carbons (Fsp3) is 0.818. The molecule has 0 aromatic carbocycles. The van der Waals surface area contributed by atoms with Crippen LogP contribution in [0.25, 0.3) is 0 Å². The molecule has 0 aromatic heterocycles. The molecule has 0 radical (unpaired) electrons. The zero-order chi connectivity index (χ0) is 15.6. The predicted molar refractivity (Wildman–Crippen MR) is 66.1 cm³/mol. The predicted octanol–water partition coefficient (Wildman–Crippen LogP) is -0.251. The summed E-state index contributed by atoms with van der Waals surface area (Å²) in [6.07, 6.45) is -3.72. The van der Waals surface area contributed by atoms with E-state index in [0.717, 1.165) is 4.90 Å². The summed E-state index contributed by atoms with van der Waals surface area (Å²) in [5.41, 5.74) is 0. The van der Waals surface area contributed by atoms with E-state index in [1.165, 1.54) is 7.05 Å². The van der Waals surface area contributed by atoms with Crippen molar-refractivity contribution >= 4 is 11.8 Å². The standard InChI is InChI=1S/C11H20F3N3O3/c1-17(7-9(18)16-4-3-5-20-2)10(19)6-15-8-11(12,13)14/h15H,3-8H2,1-2H3,(H,16,18). The number of ether oxygens (including phenoxy) is 1. The molecule has 0 aliphatic rings. The molecule has 2 amide bonds. The van der Waals surface area contributed by atoms with Gasteiger partial charge in [-0.3, -0.25) is 9.59 Å². The zero-order valence-electron chi connectivity index (χ0n) is 11.5. The Kier molecular flexibility index (Phi) is 8.89. The lowest BCUT2D eigenvalue weighted by molar-refractivity contribution is -0.136. The maximum Gasteiger partial charge on any atom is 0.401 e. The molecule has 0 unspecified atom stereocenters. The number of nitrogens with zero attached hydrogens (tertiary/aromatic N) is 1. The van der Waals surface area contributed by atoms with Crippen molar-refractivity contribution < 1.29 is 27.5 Å². The third-order valence-corrected chi connectivity index (χ3v) is 2.26. The molecule has 20 heavy (non-hydrogen) atoms. The lowest BCUT2D eigenvalue weighted by atomic mass is 10.4. The summed E-state index contributed by atoms with van der Waals surface area (Å²) in [5, 5.41) is 4.55. The molecule has 0 fully saturated rings. The lowest BCUT2D eigenvalue weighted by Gasteiger charge is -2.17. The number of hydrogen-bond acceptors (Lipinski definition) is 4. The highest BCUT2D eigenvalue weighted by Crippen LogP contribution is 2.11. The van der Waals surface area contributed by atoms with E-state index in [4.69, 9.17) is 4.74 Å². The largest absolute Gasteiger partial charge is 0.401 e. The van der Waals surface area contributed by atoms with Crippen LogP contribution in [0.2, 0.25) is 0 Å². The van der Waals surface area contributed by atoms with E-state index in [1.54, 1.807) is 7.11 Å². The van der Waals surface area contributed by atoms with Crippen molar-refractivity contribution in [1.82, 2.24) is 15.5 Å². The molecule has 0 aliphatic heterocycles. The van der Waals surface area contributed by atoms with Crippen molar-refractivity contribution in [2.45, 2.75) is 12.6 Å². The summed E-state index contributed by atoms with van der Waals surface area (Å²) in [6, 6.07) is 0. The number of alkyl halides is 3. The first-order chi connectivity index (χ1) is 9.26. The molecule has 0 rings (SSSR count). The number of nitrogens with one attached hydrogen (secondary N) is 2. The molecule has 0 bridgehead atoms. The topological polar surface area (TPSA) is 70.7 Å². The van der Waals surface area contributed by atoms with Crippen molar-refractivity contribution in [3.63, 3.8) is 0 Å². The summed E-state index contributed by atoms with van der Waals surface area (Å²) in [5.74, 6) is -0.950. The van der Waals surface area contributed by atoms with Crippen LogP contribution in [-0.4, -0.2) is 69.8 Å². The van der Waals surface area contributed by atoms with Gasteiger partial charge in [-0.05, 0) is 6.42 Å². The number of rotatable bonds is 9. The molecule has 0 spiro atoms. The van der Waals surface area contributed by atoms with E-state index in [2.05, 4.69) is 5.32 Å². The number of hydrogen-bond donors (Lipinski definition) is 2.